The molecule has 0 aliphatic heterocycles. The van der Waals surface area contributed by atoms with Crippen LogP contribution in [0.15, 0.2) is 89.7 Å². The largest absolute Gasteiger partial charge is 0.322 e. The van der Waals surface area contributed by atoms with E-state index in [1.54, 1.807) is 25.1 Å². The van der Waals surface area contributed by atoms with Crippen molar-refractivity contribution in [1.82, 2.24) is 4.98 Å². The second-order valence-corrected chi connectivity index (χ2v) is 7.27. The van der Waals surface area contributed by atoms with Crippen LogP contribution in [0.25, 0.3) is 22.4 Å². The summed E-state index contributed by atoms with van der Waals surface area (Å²) in [6.07, 6.45) is 0. The Kier molecular flexibility index (Phi) is 5.63. The van der Waals surface area contributed by atoms with Crippen LogP contribution < -0.4 is 10.9 Å². The van der Waals surface area contributed by atoms with Crippen LogP contribution in [-0.4, -0.2) is 15.8 Å². The summed E-state index contributed by atoms with van der Waals surface area (Å²) >= 11 is 0. The predicted octanol–water partition coefficient (Wildman–Crippen LogP) is 5.18. The van der Waals surface area contributed by atoms with Gasteiger partial charge in [0, 0.05) is 23.0 Å². The number of nitrogens with one attached hydrogen (secondary N) is 2. The van der Waals surface area contributed by atoms with Gasteiger partial charge in [0.15, 0.2) is 0 Å². The van der Waals surface area contributed by atoms with E-state index in [1.807, 2.05) is 54.6 Å². The number of nitro groups is 1. The lowest BCUT2D eigenvalue weighted by Gasteiger charge is -2.08. The fourth-order valence-corrected chi connectivity index (χ4v) is 3.38. The molecule has 1 aromatic heterocycles. The van der Waals surface area contributed by atoms with Crippen LogP contribution in [0.1, 0.15) is 15.9 Å². The lowest BCUT2D eigenvalue weighted by atomic mass is 10.0. The zero-order chi connectivity index (χ0) is 22.7. The third-order valence-corrected chi connectivity index (χ3v) is 5.12. The average molecular weight is 425 g/mol. The number of nitrogens with zero attached hydrogens (tertiary/aromatic N) is 1. The van der Waals surface area contributed by atoms with Crippen molar-refractivity contribution in [3.63, 3.8) is 0 Å². The zero-order valence-corrected chi connectivity index (χ0v) is 17.2. The van der Waals surface area contributed by atoms with Crippen molar-refractivity contribution < 1.29 is 9.72 Å². The number of hydrogen-bond acceptors (Lipinski definition) is 4. The van der Waals surface area contributed by atoms with Gasteiger partial charge in [0.1, 0.15) is 5.56 Å². The Morgan fingerprint density at radius 1 is 0.875 bits per heavy atom. The molecule has 1 heterocycles. The van der Waals surface area contributed by atoms with Gasteiger partial charge in [-0.1, -0.05) is 60.7 Å². The van der Waals surface area contributed by atoms with E-state index in [9.17, 15) is 19.7 Å². The number of carbonyl (C=O) groups is 1. The van der Waals surface area contributed by atoms with Crippen molar-refractivity contribution in [3.05, 3.63) is 117 Å². The van der Waals surface area contributed by atoms with Gasteiger partial charge in [0.05, 0.1) is 4.92 Å². The van der Waals surface area contributed by atoms with Crippen LogP contribution in [0.5, 0.6) is 0 Å². The lowest BCUT2D eigenvalue weighted by Crippen LogP contribution is -2.23. The SMILES string of the molecule is Cc1ccc(NC(=O)c2ccc(-c3ccc(-c4ccccc4)cc3)[nH]c2=O)cc1[N+](=O)[O-]. The summed E-state index contributed by atoms with van der Waals surface area (Å²) in [4.78, 5) is 38.4. The predicted molar refractivity (Wildman–Crippen MR) is 124 cm³/mol. The van der Waals surface area contributed by atoms with Gasteiger partial charge >= 0.3 is 0 Å². The molecule has 0 spiro atoms. The maximum Gasteiger partial charge on any atom is 0.274 e. The van der Waals surface area contributed by atoms with E-state index in [0.29, 0.717) is 11.3 Å². The molecule has 7 nitrogen and oxygen atoms in total. The molecule has 0 saturated heterocycles. The molecule has 158 valence electrons. The minimum absolute atomic E-state index is 0.0853. The summed E-state index contributed by atoms with van der Waals surface area (Å²) in [5.41, 5.74) is 3.52. The molecule has 1 amide bonds. The highest BCUT2D eigenvalue weighted by molar-refractivity contribution is 6.04. The summed E-state index contributed by atoms with van der Waals surface area (Å²) in [6, 6.07) is 25.1. The molecule has 0 saturated carbocycles. The first-order valence-electron chi connectivity index (χ1n) is 9.88. The van der Waals surface area contributed by atoms with Crippen molar-refractivity contribution in [2.24, 2.45) is 0 Å². The van der Waals surface area contributed by atoms with Crippen molar-refractivity contribution in [1.29, 1.82) is 0 Å². The van der Waals surface area contributed by atoms with E-state index in [1.165, 1.54) is 12.1 Å². The first kappa shape index (κ1) is 20.7. The number of benzene rings is 3. The first-order chi connectivity index (χ1) is 15.4. The number of aromatic amines is 1. The quantitative estimate of drug-likeness (QED) is 0.340. The van der Waals surface area contributed by atoms with Crippen molar-refractivity contribution in [3.8, 4) is 22.4 Å². The minimum Gasteiger partial charge on any atom is -0.322 e. The van der Waals surface area contributed by atoms with E-state index in [4.69, 9.17) is 0 Å². The van der Waals surface area contributed by atoms with Gasteiger partial charge in [-0.3, -0.25) is 19.7 Å². The molecule has 0 unspecified atom stereocenters. The van der Waals surface area contributed by atoms with Crippen LogP contribution in [-0.2, 0) is 0 Å². The van der Waals surface area contributed by atoms with Gasteiger partial charge < -0.3 is 10.3 Å². The Morgan fingerprint density at radius 2 is 1.53 bits per heavy atom. The summed E-state index contributed by atoms with van der Waals surface area (Å²) in [6.45, 7) is 1.61. The fraction of sp³-hybridized carbons (Fsp3) is 0.0400. The number of H-pyrrole nitrogens is 1. The molecule has 2 N–H and O–H groups in total. The maximum absolute atomic E-state index is 12.5. The highest BCUT2D eigenvalue weighted by atomic mass is 16.6. The van der Waals surface area contributed by atoms with Gasteiger partial charge in [-0.05, 0) is 41.8 Å². The monoisotopic (exact) mass is 425 g/mol. The van der Waals surface area contributed by atoms with Gasteiger partial charge in [0.2, 0.25) is 0 Å². The van der Waals surface area contributed by atoms with Crippen LogP contribution in [0.3, 0.4) is 0 Å². The van der Waals surface area contributed by atoms with Crippen LogP contribution >= 0.6 is 0 Å². The van der Waals surface area contributed by atoms with Crippen molar-refractivity contribution >= 4 is 17.3 Å². The van der Waals surface area contributed by atoms with Crippen LogP contribution in [0.2, 0.25) is 0 Å². The third kappa shape index (κ3) is 4.32. The van der Waals surface area contributed by atoms with E-state index in [-0.39, 0.29) is 16.9 Å². The Bertz CT molecular complexity index is 1360. The molecule has 0 atom stereocenters. The summed E-state index contributed by atoms with van der Waals surface area (Å²) in [5, 5.41) is 13.6. The standard InChI is InChI=1S/C25H19N3O4/c1-16-7-12-20(15-23(16)28(31)32)26-24(29)21-13-14-22(27-25(21)30)19-10-8-18(9-11-19)17-5-3-2-4-6-17/h2-15H,1H3,(H,26,29)(H,27,30). The molecule has 0 aliphatic carbocycles. The van der Waals surface area contributed by atoms with Gasteiger partial charge in [-0.2, -0.15) is 0 Å². The van der Waals surface area contributed by atoms with Crippen LogP contribution in [0.4, 0.5) is 11.4 Å². The van der Waals surface area contributed by atoms with E-state index in [0.717, 1.165) is 16.7 Å². The number of pyridine rings is 1. The molecule has 4 rings (SSSR count). The van der Waals surface area contributed by atoms with Gasteiger partial charge in [0.25, 0.3) is 17.2 Å². The molecule has 32 heavy (non-hydrogen) atoms. The fourth-order valence-electron chi connectivity index (χ4n) is 3.38. The molecule has 4 aromatic rings. The number of nitro benzene ring substituents is 1. The number of amides is 1. The van der Waals surface area contributed by atoms with E-state index in [2.05, 4.69) is 10.3 Å². The second-order valence-electron chi connectivity index (χ2n) is 7.27. The Hall–Kier alpha value is -4.52. The van der Waals surface area contributed by atoms with Gasteiger partial charge in [-0.25, -0.2) is 0 Å². The molecular weight excluding hydrogens is 406 g/mol. The smallest absolute Gasteiger partial charge is 0.274 e. The summed E-state index contributed by atoms with van der Waals surface area (Å²) in [5.74, 6) is -0.643. The summed E-state index contributed by atoms with van der Waals surface area (Å²) in [7, 11) is 0. The number of carbonyl (C=O) groups excluding carboxylic acids is 1. The van der Waals surface area contributed by atoms with E-state index < -0.39 is 16.4 Å². The Balaban J connectivity index is 1.54. The maximum atomic E-state index is 12.5. The van der Waals surface area contributed by atoms with E-state index >= 15 is 0 Å². The average Bonchev–Trinajstić information content (AvgIpc) is 2.80. The zero-order valence-electron chi connectivity index (χ0n) is 17.2. The molecule has 0 bridgehead atoms. The Morgan fingerprint density at radius 3 is 2.19 bits per heavy atom. The number of rotatable bonds is 5. The topological polar surface area (TPSA) is 105 Å². The molecule has 0 radical (unpaired) electrons. The van der Waals surface area contributed by atoms with Crippen molar-refractivity contribution in [2.45, 2.75) is 6.92 Å². The highest BCUT2D eigenvalue weighted by Crippen LogP contribution is 2.24. The molecule has 0 aliphatic rings. The van der Waals surface area contributed by atoms with Crippen LogP contribution in [0, 0.1) is 17.0 Å². The van der Waals surface area contributed by atoms with Crippen molar-refractivity contribution in [2.75, 3.05) is 5.32 Å². The number of anilines is 1. The van der Waals surface area contributed by atoms with Gasteiger partial charge in [-0.15, -0.1) is 0 Å². The Labute approximate surface area is 183 Å². The molecule has 3 aromatic carbocycles. The minimum atomic E-state index is -0.643. The normalized spacial score (nSPS) is 10.5. The third-order valence-electron chi connectivity index (χ3n) is 5.12. The number of aromatic nitrogens is 1. The molecular formula is C25H19N3O4. The lowest BCUT2D eigenvalue weighted by molar-refractivity contribution is -0.385. The molecule has 7 heteroatoms. The highest BCUT2D eigenvalue weighted by Gasteiger charge is 2.15. The number of hydrogen-bond donors (Lipinski definition) is 2. The number of aryl methyl sites for hydroxylation is 1. The molecule has 0 fully saturated rings. The summed E-state index contributed by atoms with van der Waals surface area (Å²) < 4.78 is 0. The first-order valence-corrected chi connectivity index (χ1v) is 9.88. The second kappa shape index (κ2) is 8.69.